The Hall–Kier alpha value is -2.04. The molecule has 0 unspecified atom stereocenters. The van der Waals surface area contributed by atoms with Gasteiger partial charge in [-0.2, -0.15) is 0 Å². The van der Waals surface area contributed by atoms with Crippen LogP contribution in [0.5, 0.6) is 0 Å². The Balaban J connectivity index is 2.08. The van der Waals surface area contributed by atoms with Crippen molar-refractivity contribution in [1.82, 2.24) is 9.97 Å². The summed E-state index contributed by atoms with van der Waals surface area (Å²) in [6, 6.07) is 4.66. The fourth-order valence-electron chi connectivity index (χ4n) is 1.26. The van der Waals surface area contributed by atoms with Gasteiger partial charge in [0.05, 0.1) is 17.9 Å². The van der Waals surface area contributed by atoms with Crippen LogP contribution in [0, 0.1) is 5.82 Å². The third kappa shape index (κ3) is 2.07. The van der Waals surface area contributed by atoms with Crippen molar-refractivity contribution in [2.45, 2.75) is 6.54 Å². The second-order valence-electron chi connectivity index (χ2n) is 3.09. The Morgan fingerprint density at radius 3 is 3.07 bits per heavy atom. The highest BCUT2D eigenvalue weighted by atomic mass is 19.1. The first kappa shape index (κ1) is 9.51. The van der Waals surface area contributed by atoms with Crippen LogP contribution in [0.25, 0.3) is 0 Å². The maximum Gasteiger partial charge on any atom is 0.148 e. The van der Waals surface area contributed by atoms with E-state index in [1.807, 2.05) is 0 Å². The number of rotatable bonds is 3. The Labute approximate surface area is 86.3 Å². The lowest BCUT2D eigenvalue weighted by Crippen LogP contribution is -2.04. The number of aromatic amines is 1. The Bertz CT molecular complexity index is 439. The van der Waals surface area contributed by atoms with Gasteiger partial charge in [-0.25, -0.2) is 9.37 Å². The summed E-state index contributed by atoms with van der Waals surface area (Å²) < 4.78 is 13.1. The molecule has 2 rings (SSSR count). The molecule has 15 heavy (non-hydrogen) atoms. The molecule has 0 aliphatic rings. The maximum absolute atomic E-state index is 13.1. The third-order valence-electron chi connectivity index (χ3n) is 2.05. The van der Waals surface area contributed by atoms with Gasteiger partial charge in [0.15, 0.2) is 0 Å². The summed E-state index contributed by atoms with van der Waals surface area (Å²) in [5.74, 6) is 0.359. The normalized spacial score (nSPS) is 10.2. The zero-order valence-electron chi connectivity index (χ0n) is 8.00. The minimum absolute atomic E-state index is 0.129. The molecule has 4 N–H and O–H groups in total. The summed E-state index contributed by atoms with van der Waals surface area (Å²) in [7, 11) is 0. The van der Waals surface area contributed by atoms with Gasteiger partial charge in [0.1, 0.15) is 11.6 Å². The number of nitrogen functional groups attached to an aromatic ring is 1. The van der Waals surface area contributed by atoms with Gasteiger partial charge < -0.3 is 16.0 Å². The lowest BCUT2D eigenvalue weighted by molar-refractivity contribution is 0.633. The molecule has 0 saturated carbocycles. The van der Waals surface area contributed by atoms with Gasteiger partial charge in [-0.05, 0) is 12.1 Å². The highest BCUT2D eigenvalue weighted by molar-refractivity contribution is 5.66. The second kappa shape index (κ2) is 4.00. The van der Waals surface area contributed by atoms with Crippen molar-refractivity contribution in [3.63, 3.8) is 0 Å². The van der Waals surface area contributed by atoms with Gasteiger partial charge in [-0.15, -0.1) is 0 Å². The Kier molecular flexibility index (Phi) is 2.53. The van der Waals surface area contributed by atoms with Crippen molar-refractivity contribution in [2.75, 3.05) is 11.1 Å². The average molecular weight is 206 g/mol. The number of benzene rings is 1. The highest BCUT2D eigenvalue weighted by Gasteiger charge is 2.03. The number of imidazole rings is 1. The van der Waals surface area contributed by atoms with Crippen molar-refractivity contribution >= 4 is 11.4 Å². The van der Waals surface area contributed by atoms with Crippen LogP contribution in [0.2, 0.25) is 0 Å². The molecule has 5 heteroatoms. The van der Waals surface area contributed by atoms with Gasteiger partial charge in [0, 0.05) is 12.4 Å². The van der Waals surface area contributed by atoms with Crippen molar-refractivity contribution in [3.05, 3.63) is 42.2 Å². The lowest BCUT2D eigenvalue weighted by atomic mass is 10.2. The first-order valence-corrected chi connectivity index (χ1v) is 4.53. The first-order chi connectivity index (χ1) is 7.27. The van der Waals surface area contributed by atoms with Crippen LogP contribution in [0.15, 0.2) is 30.6 Å². The van der Waals surface area contributed by atoms with E-state index in [0.29, 0.717) is 12.2 Å². The molecule has 1 aromatic heterocycles. The van der Waals surface area contributed by atoms with E-state index in [1.165, 1.54) is 6.07 Å². The minimum atomic E-state index is -0.417. The third-order valence-corrected chi connectivity index (χ3v) is 2.05. The van der Waals surface area contributed by atoms with Crippen molar-refractivity contribution in [3.8, 4) is 0 Å². The molecular weight excluding hydrogens is 195 g/mol. The molecule has 0 atom stereocenters. The van der Waals surface area contributed by atoms with Crippen molar-refractivity contribution < 1.29 is 4.39 Å². The molecule has 78 valence electrons. The largest absolute Gasteiger partial charge is 0.395 e. The molecule has 0 amide bonds. The fraction of sp³-hybridized carbons (Fsp3) is 0.100. The number of nitrogens with two attached hydrogens (primary N) is 1. The molecule has 4 nitrogen and oxygen atoms in total. The molecule has 1 aromatic carbocycles. The molecular formula is C10H11FN4. The molecule has 0 aliphatic carbocycles. The van der Waals surface area contributed by atoms with Crippen LogP contribution in [0.3, 0.4) is 0 Å². The van der Waals surface area contributed by atoms with E-state index < -0.39 is 5.82 Å². The van der Waals surface area contributed by atoms with Gasteiger partial charge >= 0.3 is 0 Å². The minimum Gasteiger partial charge on any atom is -0.395 e. The first-order valence-electron chi connectivity index (χ1n) is 4.53. The van der Waals surface area contributed by atoms with Crippen LogP contribution < -0.4 is 11.1 Å². The summed E-state index contributed by atoms with van der Waals surface area (Å²) >= 11 is 0. The number of halogens is 1. The number of nitrogens with one attached hydrogen (secondary N) is 2. The quantitative estimate of drug-likeness (QED) is 0.670. The zero-order chi connectivity index (χ0) is 10.7. The van der Waals surface area contributed by atoms with E-state index in [2.05, 4.69) is 15.3 Å². The monoisotopic (exact) mass is 206 g/mol. The number of H-pyrrole nitrogens is 1. The summed E-state index contributed by atoms with van der Waals surface area (Å²) in [4.78, 5) is 6.96. The fourth-order valence-corrected chi connectivity index (χ4v) is 1.26. The van der Waals surface area contributed by atoms with Crippen LogP contribution in [0.4, 0.5) is 15.8 Å². The van der Waals surface area contributed by atoms with Crippen molar-refractivity contribution in [2.24, 2.45) is 0 Å². The average Bonchev–Trinajstić information content (AvgIpc) is 2.73. The molecule has 2 aromatic rings. The number of hydrogen-bond acceptors (Lipinski definition) is 3. The maximum atomic E-state index is 13.1. The van der Waals surface area contributed by atoms with Crippen LogP contribution in [-0.2, 0) is 6.54 Å². The van der Waals surface area contributed by atoms with E-state index in [-0.39, 0.29) is 5.69 Å². The number of hydrogen-bond donors (Lipinski definition) is 3. The Morgan fingerprint density at radius 1 is 1.47 bits per heavy atom. The zero-order valence-corrected chi connectivity index (χ0v) is 8.00. The summed E-state index contributed by atoms with van der Waals surface area (Å²) in [5.41, 5.74) is 6.26. The van der Waals surface area contributed by atoms with E-state index in [9.17, 15) is 4.39 Å². The molecule has 0 bridgehead atoms. The molecule has 0 saturated heterocycles. The molecule has 0 radical (unpaired) electrons. The predicted octanol–water partition coefficient (Wildman–Crippen LogP) is 1.74. The lowest BCUT2D eigenvalue weighted by Gasteiger charge is -2.07. The van der Waals surface area contributed by atoms with Crippen LogP contribution in [-0.4, -0.2) is 9.97 Å². The predicted molar refractivity (Wildman–Crippen MR) is 56.7 cm³/mol. The number of para-hydroxylation sites is 1. The van der Waals surface area contributed by atoms with E-state index in [0.717, 1.165) is 5.82 Å². The van der Waals surface area contributed by atoms with Gasteiger partial charge in [-0.3, -0.25) is 0 Å². The summed E-state index contributed by atoms with van der Waals surface area (Å²) in [6.07, 6.45) is 3.39. The standard InChI is InChI=1S/C10H11FN4/c11-7-2-1-3-8(10(7)12)15-6-9-13-4-5-14-9/h1-5,15H,6,12H2,(H,13,14). The van der Waals surface area contributed by atoms with Gasteiger partial charge in [0.2, 0.25) is 0 Å². The SMILES string of the molecule is Nc1c(F)cccc1NCc1ncc[nH]1. The molecule has 0 aliphatic heterocycles. The molecule has 0 fully saturated rings. The van der Waals surface area contributed by atoms with Crippen LogP contribution in [0.1, 0.15) is 5.82 Å². The number of anilines is 2. The molecule has 1 heterocycles. The van der Waals surface area contributed by atoms with Gasteiger partial charge in [-0.1, -0.05) is 6.07 Å². The second-order valence-corrected chi connectivity index (χ2v) is 3.09. The highest BCUT2D eigenvalue weighted by Crippen LogP contribution is 2.21. The van der Waals surface area contributed by atoms with Crippen molar-refractivity contribution in [1.29, 1.82) is 0 Å². The smallest absolute Gasteiger partial charge is 0.148 e. The van der Waals surface area contributed by atoms with E-state index in [4.69, 9.17) is 5.73 Å². The van der Waals surface area contributed by atoms with Crippen LogP contribution >= 0.6 is 0 Å². The summed E-state index contributed by atoms with van der Waals surface area (Å²) in [5, 5.41) is 3.00. The van der Waals surface area contributed by atoms with E-state index in [1.54, 1.807) is 24.5 Å². The summed E-state index contributed by atoms with van der Waals surface area (Å²) in [6.45, 7) is 0.487. The molecule has 0 spiro atoms. The topological polar surface area (TPSA) is 66.7 Å². The van der Waals surface area contributed by atoms with Gasteiger partial charge in [0.25, 0.3) is 0 Å². The number of aromatic nitrogens is 2. The number of nitrogens with zero attached hydrogens (tertiary/aromatic N) is 1. The Morgan fingerprint density at radius 2 is 2.33 bits per heavy atom. The van der Waals surface area contributed by atoms with E-state index >= 15 is 0 Å².